The Morgan fingerprint density at radius 1 is 1.19 bits per heavy atom. The van der Waals surface area contributed by atoms with E-state index >= 15 is 0 Å². The Morgan fingerprint density at radius 3 is 2.69 bits per heavy atom. The molecule has 0 aliphatic heterocycles. The van der Waals surface area contributed by atoms with Gasteiger partial charge in [-0.3, -0.25) is 0 Å². The number of nitrogens with two attached hydrogens (primary N) is 1. The maximum Gasteiger partial charge on any atom is 0.230 e. The molecule has 1 heterocycles. The van der Waals surface area contributed by atoms with Gasteiger partial charge in [0.25, 0.3) is 0 Å². The van der Waals surface area contributed by atoms with Crippen LogP contribution in [0.5, 0.6) is 0 Å². The minimum absolute atomic E-state index is 0.231. The Bertz CT molecular complexity index is 470. The summed E-state index contributed by atoms with van der Waals surface area (Å²) in [6, 6.07) is 6.47. The third kappa shape index (κ3) is 2.64. The second-order valence-electron chi connectivity index (χ2n) is 3.42. The molecule has 0 aliphatic rings. The van der Waals surface area contributed by atoms with Crippen molar-refractivity contribution in [2.75, 3.05) is 0 Å². The summed E-state index contributed by atoms with van der Waals surface area (Å²) >= 11 is 0. The van der Waals surface area contributed by atoms with Crippen molar-refractivity contribution in [3.8, 4) is 0 Å². The molecule has 1 aromatic carbocycles. The number of aryl methyl sites for hydroxylation is 2. The van der Waals surface area contributed by atoms with Crippen LogP contribution in [0, 0.1) is 5.82 Å². The smallest absolute Gasteiger partial charge is 0.230 e. The third-order valence-electron chi connectivity index (χ3n) is 2.20. The Kier molecular flexibility index (Phi) is 3.26. The summed E-state index contributed by atoms with van der Waals surface area (Å²) in [6.45, 7) is 0.243. The van der Waals surface area contributed by atoms with Gasteiger partial charge in [-0.1, -0.05) is 12.1 Å². The predicted molar refractivity (Wildman–Crippen MR) is 56.0 cm³/mol. The van der Waals surface area contributed by atoms with Crippen LogP contribution >= 0.6 is 0 Å². The Balaban J connectivity index is 1.96. The lowest BCUT2D eigenvalue weighted by Gasteiger charge is -1.98. The van der Waals surface area contributed by atoms with Crippen LogP contribution in [0.2, 0.25) is 0 Å². The molecule has 0 amide bonds. The zero-order valence-corrected chi connectivity index (χ0v) is 8.69. The van der Waals surface area contributed by atoms with Gasteiger partial charge in [-0.25, -0.2) is 4.39 Å². The van der Waals surface area contributed by atoms with Crippen molar-refractivity contribution < 1.29 is 8.81 Å². The molecule has 0 aliphatic carbocycles. The maximum atomic E-state index is 12.9. The summed E-state index contributed by atoms with van der Waals surface area (Å²) in [7, 11) is 0. The molecule has 16 heavy (non-hydrogen) atoms. The third-order valence-corrected chi connectivity index (χ3v) is 2.20. The van der Waals surface area contributed by atoms with Crippen LogP contribution in [0.25, 0.3) is 0 Å². The molecule has 5 heteroatoms. The van der Waals surface area contributed by atoms with Crippen LogP contribution in [0.1, 0.15) is 17.3 Å². The van der Waals surface area contributed by atoms with Gasteiger partial charge < -0.3 is 10.2 Å². The van der Waals surface area contributed by atoms with Gasteiger partial charge in [0.1, 0.15) is 5.82 Å². The molecule has 0 unspecified atom stereocenters. The molecule has 0 saturated carbocycles. The molecule has 0 saturated heterocycles. The summed E-state index contributed by atoms with van der Waals surface area (Å²) < 4.78 is 18.1. The molecule has 1 aromatic heterocycles. The van der Waals surface area contributed by atoms with Crippen LogP contribution in [-0.4, -0.2) is 10.2 Å². The molecule has 2 aromatic rings. The molecule has 0 fully saturated rings. The number of nitrogens with zero attached hydrogens (tertiary/aromatic N) is 2. The molecule has 0 spiro atoms. The highest BCUT2D eigenvalue weighted by atomic mass is 19.1. The van der Waals surface area contributed by atoms with Crippen LogP contribution in [0.15, 0.2) is 28.7 Å². The average Bonchev–Trinajstić information content (AvgIpc) is 2.74. The minimum Gasteiger partial charge on any atom is -0.424 e. The average molecular weight is 221 g/mol. The van der Waals surface area contributed by atoms with E-state index in [4.69, 9.17) is 10.2 Å². The van der Waals surface area contributed by atoms with E-state index in [9.17, 15) is 4.39 Å². The zero-order chi connectivity index (χ0) is 11.4. The van der Waals surface area contributed by atoms with Gasteiger partial charge >= 0.3 is 0 Å². The van der Waals surface area contributed by atoms with E-state index in [2.05, 4.69) is 10.2 Å². The van der Waals surface area contributed by atoms with Crippen molar-refractivity contribution in [2.24, 2.45) is 5.73 Å². The van der Waals surface area contributed by atoms with Crippen LogP contribution in [0.4, 0.5) is 4.39 Å². The van der Waals surface area contributed by atoms with Crippen molar-refractivity contribution in [3.63, 3.8) is 0 Å². The SMILES string of the molecule is NCc1nnc(CCc2cccc(F)c2)o1. The predicted octanol–water partition coefficient (Wildman–Crippen LogP) is 1.45. The maximum absolute atomic E-state index is 12.9. The van der Waals surface area contributed by atoms with Gasteiger partial charge in [0, 0.05) is 6.42 Å². The summed E-state index contributed by atoms with van der Waals surface area (Å²) in [5.74, 6) is 0.727. The van der Waals surface area contributed by atoms with Crippen LogP contribution in [-0.2, 0) is 19.4 Å². The first-order valence-corrected chi connectivity index (χ1v) is 5.03. The van der Waals surface area contributed by atoms with Gasteiger partial charge in [0.05, 0.1) is 6.54 Å². The molecular weight excluding hydrogens is 209 g/mol. The Morgan fingerprint density at radius 2 is 2.00 bits per heavy atom. The fourth-order valence-electron chi connectivity index (χ4n) is 1.42. The standard InChI is InChI=1S/C11H12FN3O/c12-9-3-1-2-8(6-9)4-5-10-14-15-11(7-13)16-10/h1-3,6H,4-5,7,13H2. The lowest BCUT2D eigenvalue weighted by Crippen LogP contribution is -1.95. The fourth-order valence-corrected chi connectivity index (χ4v) is 1.42. The first-order chi connectivity index (χ1) is 7.78. The highest BCUT2D eigenvalue weighted by molar-refractivity contribution is 5.16. The highest BCUT2D eigenvalue weighted by Crippen LogP contribution is 2.08. The molecule has 4 nitrogen and oxygen atoms in total. The van der Waals surface area contributed by atoms with Crippen molar-refractivity contribution in [2.45, 2.75) is 19.4 Å². The van der Waals surface area contributed by atoms with E-state index in [1.165, 1.54) is 12.1 Å². The van der Waals surface area contributed by atoms with Crippen LogP contribution in [0.3, 0.4) is 0 Å². The normalized spacial score (nSPS) is 10.6. The molecule has 2 N–H and O–H groups in total. The largest absolute Gasteiger partial charge is 0.424 e. The fraction of sp³-hybridized carbons (Fsp3) is 0.273. The molecule has 84 valence electrons. The van der Waals surface area contributed by atoms with E-state index in [-0.39, 0.29) is 12.4 Å². The quantitative estimate of drug-likeness (QED) is 0.848. The number of hydrogen-bond donors (Lipinski definition) is 1. The second kappa shape index (κ2) is 4.85. The van der Waals surface area contributed by atoms with Gasteiger partial charge in [-0.2, -0.15) is 0 Å². The molecule has 0 atom stereocenters. The summed E-state index contributed by atoms with van der Waals surface area (Å²) in [4.78, 5) is 0. The first kappa shape index (κ1) is 10.8. The van der Waals surface area contributed by atoms with Gasteiger partial charge in [0.2, 0.25) is 11.8 Å². The van der Waals surface area contributed by atoms with Crippen molar-refractivity contribution in [1.29, 1.82) is 0 Å². The van der Waals surface area contributed by atoms with Crippen molar-refractivity contribution in [3.05, 3.63) is 47.4 Å². The van der Waals surface area contributed by atoms with E-state index < -0.39 is 0 Å². The van der Waals surface area contributed by atoms with Gasteiger partial charge in [-0.05, 0) is 24.1 Å². The molecule has 0 radical (unpaired) electrons. The summed E-state index contributed by atoms with van der Waals surface area (Å²) in [5, 5.41) is 7.58. The summed E-state index contributed by atoms with van der Waals surface area (Å²) in [5.41, 5.74) is 6.25. The Hall–Kier alpha value is -1.75. The number of halogens is 1. The number of aromatic nitrogens is 2. The van der Waals surface area contributed by atoms with E-state index in [0.29, 0.717) is 24.6 Å². The zero-order valence-electron chi connectivity index (χ0n) is 8.69. The van der Waals surface area contributed by atoms with Crippen molar-refractivity contribution in [1.82, 2.24) is 10.2 Å². The summed E-state index contributed by atoms with van der Waals surface area (Å²) in [6.07, 6.45) is 1.26. The monoisotopic (exact) mass is 221 g/mol. The van der Waals surface area contributed by atoms with Crippen molar-refractivity contribution >= 4 is 0 Å². The van der Waals surface area contributed by atoms with E-state index in [1.807, 2.05) is 6.07 Å². The first-order valence-electron chi connectivity index (χ1n) is 5.03. The van der Waals surface area contributed by atoms with E-state index in [1.54, 1.807) is 6.07 Å². The van der Waals surface area contributed by atoms with Gasteiger partial charge in [0.15, 0.2) is 0 Å². The number of hydrogen-bond acceptors (Lipinski definition) is 4. The molecule has 2 rings (SSSR count). The number of rotatable bonds is 4. The topological polar surface area (TPSA) is 64.9 Å². The van der Waals surface area contributed by atoms with Crippen LogP contribution < -0.4 is 5.73 Å². The number of benzene rings is 1. The Labute approximate surface area is 92.3 Å². The lowest BCUT2D eigenvalue weighted by molar-refractivity contribution is 0.450. The lowest BCUT2D eigenvalue weighted by atomic mass is 10.1. The highest BCUT2D eigenvalue weighted by Gasteiger charge is 2.04. The van der Waals surface area contributed by atoms with E-state index in [0.717, 1.165) is 5.56 Å². The second-order valence-corrected chi connectivity index (χ2v) is 3.42. The minimum atomic E-state index is -0.231. The molecular formula is C11H12FN3O. The van der Waals surface area contributed by atoms with Gasteiger partial charge in [-0.15, -0.1) is 10.2 Å². The molecule has 0 bridgehead atoms.